The number of nitrogens with one attached hydrogen (secondary N) is 1. The van der Waals surface area contributed by atoms with Gasteiger partial charge in [-0.3, -0.25) is 4.72 Å². The highest BCUT2D eigenvalue weighted by molar-refractivity contribution is 7.92. The van der Waals surface area contributed by atoms with Crippen molar-refractivity contribution >= 4 is 15.7 Å². The van der Waals surface area contributed by atoms with Gasteiger partial charge in [0.2, 0.25) is 0 Å². The highest BCUT2D eigenvalue weighted by Crippen LogP contribution is 2.23. The fourth-order valence-corrected chi connectivity index (χ4v) is 2.53. The summed E-state index contributed by atoms with van der Waals surface area (Å²) in [5, 5.41) is 0. The summed E-state index contributed by atoms with van der Waals surface area (Å²) < 4.78 is 77.4. The molecular formula is C12H7F4NO2S. The van der Waals surface area contributed by atoms with E-state index in [1.165, 1.54) is 0 Å². The Kier molecular flexibility index (Phi) is 3.67. The number of rotatable bonds is 3. The van der Waals surface area contributed by atoms with Crippen LogP contribution in [0.3, 0.4) is 0 Å². The van der Waals surface area contributed by atoms with Gasteiger partial charge in [-0.2, -0.15) is 0 Å². The van der Waals surface area contributed by atoms with Crippen LogP contribution in [0, 0.1) is 23.3 Å². The van der Waals surface area contributed by atoms with Crippen LogP contribution in [0.25, 0.3) is 0 Å². The minimum Gasteiger partial charge on any atom is -0.277 e. The third kappa shape index (κ3) is 2.74. The standard InChI is InChI=1S/C12H7F4NO2S/c13-7-2-1-3-8(6-7)20(18,19)17-10-5-4-9(14)11(15)12(10)16/h1-6,17H. The monoisotopic (exact) mass is 305 g/mol. The second-order valence-corrected chi connectivity index (χ2v) is 5.47. The first-order valence-electron chi connectivity index (χ1n) is 5.23. The summed E-state index contributed by atoms with van der Waals surface area (Å²) in [4.78, 5) is -0.471. The van der Waals surface area contributed by atoms with Crippen molar-refractivity contribution in [2.75, 3.05) is 4.72 Å². The SMILES string of the molecule is O=S(=O)(Nc1ccc(F)c(F)c1F)c1cccc(F)c1. The molecule has 0 spiro atoms. The zero-order valence-corrected chi connectivity index (χ0v) is 10.5. The predicted molar refractivity (Wildman–Crippen MR) is 63.5 cm³/mol. The van der Waals surface area contributed by atoms with E-state index in [4.69, 9.17) is 0 Å². The Morgan fingerprint density at radius 3 is 2.25 bits per heavy atom. The van der Waals surface area contributed by atoms with E-state index in [0.717, 1.165) is 24.3 Å². The zero-order valence-electron chi connectivity index (χ0n) is 9.70. The molecular weight excluding hydrogens is 298 g/mol. The molecule has 0 saturated carbocycles. The average Bonchev–Trinajstić information content (AvgIpc) is 2.39. The quantitative estimate of drug-likeness (QED) is 0.700. The van der Waals surface area contributed by atoms with Crippen molar-refractivity contribution in [2.24, 2.45) is 0 Å². The maximum Gasteiger partial charge on any atom is 0.262 e. The third-order valence-corrected chi connectivity index (χ3v) is 3.75. The molecule has 8 heteroatoms. The van der Waals surface area contributed by atoms with Crippen molar-refractivity contribution in [1.29, 1.82) is 0 Å². The van der Waals surface area contributed by atoms with Gasteiger partial charge in [-0.25, -0.2) is 26.0 Å². The number of hydrogen-bond donors (Lipinski definition) is 1. The van der Waals surface area contributed by atoms with E-state index >= 15 is 0 Å². The van der Waals surface area contributed by atoms with Crippen LogP contribution in [0.1, 0.15) is 0 Å². The lowest BCUT2D eigenvalue weighted by molar-refractivity contribution is 0.449. The Morgan fingerprint density at radius 2 is 1.60 bits per heavy atom. The van der Waals surface area contributed by atoms with E-state index in [1.54, 1.807) is 4.72 Å². The Balaban J connectivity index is 2.41. The van der Waals surface area contributed by atoms with Gasteiger partial charge in [-0.15, -0.1) is 0 Å². The van der Waals surface area contributed by atoms with Crippen LogP contribution in [0.2, 0.25) is 0 Å². The van der Waals surface area contributed by atoms with Crippen molar-refractivity contribution in [1.82, 2.24) is 0 Å². The van der Waals surface area contributed by atoms with Crippen LogP contribution >= 0.6 is 0 Å². The molecule has 0 aromatic heterocycles. The molecule has 3 nitrogen and oxygen atoms in total. The molecule has 2 aromatic carbocycles. The number of anilines is 1. The van der Waals surface area contributed by atoms with Gasteiger partial charge >= 0.3 is 0 Å². The Bertz CT molecular complexity index is 762. The van der Waals surface area contributed by atoms with Gasteiger partial charge in [0.1, 0.15) is 5.82 Å². The van der Waals surface area contributed by atoms with Crippen LogP contribution in [0.15, 0.2) is 41.3 Å². The highest BCUT2D eigenvalue weighted by Gasteiger charge is 2.20. The van der Waals surface area contributed by atoms with Crippen LogP contribution in [-0.2, 0) is 10.0 Å². The summed E-state index contributed by atoms with van der Waals surface area (Å²) >= 11 is 0. The van der Waals surface area contributed by atoms with Crippen LogP contribution < -0.4 is 4.72 Å². The van der Waals surface area contributed by atoms with Gasteiger partial charge < -0.3 is 0 Å². The van der Waals surface area contributed by atoms with Crippen LogP contribution in [0.5, 0.6) is 0 Å². The van der Waals surface area contributed by atoms with Crippen molar-refractivity contribution in [2.45, 2.75) is 4.90 Å². The molecule has 106 valence electrons. The van der Waals surface area contributed by atoms with E-state index < -0.39 is 43.9 Å². The number of sulfonamides is 1. The molecule has 20 heavy (non-hydrogen) atoms. The van der Waals surface area contributed by atoms with Crippen molar-refractivity contribution in [3.8, 4) is 0 Å². The maximum atomic E-state index is 13.4. The molecule has 2 aromatic rings. The summed E-state index contributed by atoms with van der Waals surface area (Å²) in [5.41, 5.74) is -0.770. The lowest BCUT2D eigenvalue weighted by Crippen LogP contribution is -2.15. The first-order chi connectivity index (χ1) is 9.31. The molecule has 0 amide bonds. The summed E-state index contributed by atoms with van der Waals surface area (Å²) in [6.45, 7) is 0. The second-order valence-electron chi connectivity index (χ2n) is 3.79. The summed E-state index contributed by atoms with van der Waals surface area (Å²) in [6, 6.07) is 5.25. The normalized spacial score (nSPS) is 11.4. The molecule has 2 rings (SSSR count). The molecule has 0 bridgehead atoms. The molecule has 0 saturated heterocycles. The third-order valence-electron chi connectivity index (χ3n) is 2.39. The zero-order chi connectivity index (χ0) is 14.9. The Morgan fingerprint density at radius 1 is 0.900 bits per heavy atom. The molecule has 0 aliphatic rings. The molecule has 0 unspecified atom stereocenters. The van der Waals surface area contributed by atoms with E-state index in [1.807, 2.05) is 0 Å². The summed E-state index contributed by atoms with van der Waals surface area (Å²) in [5.74, 6) is -5.73. The van der Waals surface area contributed by atoms with Gasteiger partial charge in [-0.1, -0.05) is 6.07 Å². The number of benzene rings is 2. The van der Waals surface area contributed by atoms with E-state index in [9.17, 15) is 26.0 Å². The summed E-state index contributed by atoms with van der Waals surface area (Å²) in [7, 11) is -4.31. The van der Waals surface area contributed by atoms with Gasteiger partial charge in [0, 0.05) is 0 Å². The van der Waals surface area contributed by atoms with E-state index in [2.05, 4.69) is 0 Å². The van der Waals surface area contributed by atoms with Crippen molar-refractivity contribution < 1.29 is 26.0 Å². The predicted octanol–water partition coefficient (Wildman–Crippen LogP) is 3.04. The lowest BCUT2D eigenvalue weighted by Gasteiger charge is -2.09. The first kappa shape index (κ1) is 14.3. The van der Waals surface area contributed by atoms with Crippen molar-refractivity contribution in [3.05, 3.63) is 59.7 Å². The molecule has 0 aliphatic carbocycles. The minimum atomic E-state index is -4.31. The largest absolute Gasteiger partial charge is 0.277 e. The molecule has 0 fully saturated rings. The minimum absolute atomic E-state index is 0.471. The van der Waals surface area contributed by atoms with Crippen LogP contribution in [-0.4, -0.2) is 8.42 Å². The topological polar surface area (TPSA) is 46.2 Å². The van der Waals surface area contributed by atoms with Gasteiger partial charge in [0.25, 0.3) is 10.0 Å². The average molecular weight is 305 g/mol. The van der Waals surface area contributed by atoms with Crippen LogP contribution in [0.4, 0.5) is 23.2 Å². The van der Waals surface area contributed by atoms with E-state index in [0.29, 0.717) is 12.1 Å². The maximum absolute atomic E-state index is 13.4. The van der Waals surface area contributed by atoms with Gasteiger partial charge in [0.05, 0.1) is 10.6 Å². The lowest BCUT2D eigenvalue weighted by atomic mass is 10.3. The number of halogens is 4. The van der Waals surface area contributed by atoms with Gasteiger partial charge in [0.15, 0.2) is 17.5 Å². The molecule has 0 aliphatic heterocycles. The molecule has 0 atom stereocenters. The fourth-order valence-electron chi connectivity index (χ4n) is 1.44. The summed E-state index contributed by atoms with van der Waals surface area (Å²) in [6.07, 6.45) is 0. The molecule has 0 radical (unpaired) electrons. The van der Waals surface area contributed by atoms with E-state index in [-0.39, 0.29) is 0 Å². The number of hydrogen-bond acceptors (Lipinski definition) is 2. The van der Waals surface area contributed by atoms with Gasteiger partial charge in [-0.05, 0) is 30.3 Å². The smallest absolute Gasteiger partial charge is 0.262 e. The molecule has 1 N–H and O–H groups in total. The Hall–Kier alpha value is -2.09. The highest BCUT2D eigenvalue weighted by atomic mass is 32.2. The Labute approximate surface area is 111 Å². The first-order valence-corrected chi connectivity index (χ1v) is 6.71. The fraction of sp³-hybridized carbons (Fsp3) is 0. The van der Waals surface area contributed by atoms with Crippen molar-refractivity contribution in [3.63, 3.8) is 0 Å². The second kappa shape index (κ2) is 5.12. The molecule has 0 heterocycles.